The molecule has 1 heterocycles. The Kier molecular flexibility index (Phi) is 6.98. The van der Waals surface area contributed by atoms with E-state index in [2.05, 4.69) is 10.4 Å². The lowest BCUT2D eigenvalue weighted by molar-refractivity contribution is 0.0941. The average molecular weight is 446 g/mol. The van der Waals surface area contributed by atoms with Gasteiger partial charge in [-0.15, -0.1) is 0 Å². The quantitative estimate of drug-likeness (QED) is 0.595. The Hall–Kier alpha value is -3.30. The van der Waals surface area contributed by atoms with Gasteiger partial charge in [0.2, 0.25) is 5.69 Å². The third-order valence-corrected chi connectivity index (χ3v) is 4.66. The first-order valence-electron chi connectivity index (χ1n) is 9.44. The number of hydrogen-bond acceptors (Lipinski definition) is 5. The van der Waals surface area contributed by atoms with Crippen molar-refractivity contribution in [2.75, 3.05) is 27.2 Å². The molecular formula is C21H21ClFN5O3. The summed E-state index contributed by atoms with van der Waals surface area (Å²) < 4.78 is 15.9. The zero-order valence-corrected chi connectivity index (χ0v) is 17.8. The van der Waals surface area contributed by atoms with Gasteiger partial charge >= 0.3 is 5.69 Å². The summed E-state index contributed by atoms with van der Waals surface area (Å²) in [6.45, 7) is 0.642. The number of nitrogens with one attached hydrogen (secondary N) is 1. The zero-order chi connectivity index (χ0) is 22.5. The maximum Gasteiger partial charge on any atom is 0.352 e. The zero-order valence-electron chi connectivity index (χ0n) is 17.0. The number of amides is 1. The Bertz CT molecular complexity index is 1220. The Morgan fingerprint density at radius 1 is 1.16 bits per heavy atom. The van der Waals surface area contributed by atoms with Crippen LogP contribution in [-0.2, 0) is 6.54 Å². The minimum absolute atomic E-state index is 0.160. The minimum Gasteiger partial charge on any atom is -0.349 e. The van der Waals surface area contributed by atoms with E-state index in [9.17, 15) is 18.8 Å². The van der Waals surface area contributed by atoms with Crippen LogP contribution in [0.2, 0.25) is 5.02 Å². The highest BCUT2D eigenvalue weighted by Gasteiger charge is 2.21. The van der Waals surface area contributed by atoms with Crippen molar-refractivity contribution in [2.45, 2.75) is 6.54 Å². The summed E-state index contributed by atoms with van der Waals surface area (Å²) in [6, 6.07) is 12.1. The van der Waals surface area contributed by atoms with Crippen LogP contribution in [0.1, 0.15) is 16.1 Å². The number of likely N-dealkylation sites (N-methyl/N-ethyl adjacent to an activating group) is 1. The molecular weight excluding hydrogens is 425 g/mol. The van der Waals surface area contributed by atoms with E-state index in [1.165, 1.54) is 18.2 Å². The number of para-hydroxylation sites is 1. The van der Waals surface area contributed by atoms with Gasteiger partial charge < -0.3 is 10.2 Å². The molecule has 10 heteroatoms. The van der Waals surface area contributed by atoms with E-state index in [4.69, 9.17) is 11.6 Å². The van der Waals surface area contributed by atoms with Crippen molar-refractivity contribution >= 4 is 17.5 Å². The van der Waals surface area contributed by atoms with Gasteiger partial charge in [-0.2, -0.15) is 9.78 Å². The molecule has 0 saturated heterocycles. The highest BCUT2D eigenvalue weighted by molar-refractivity contribution is 6.30. The number of rotatable bonds is 7. The summed E-state index contributed by atoms with van der Waals surface area (Å²) in [5.74, 6) is -1.47. The van der Waals surface area contributed by atoms with Crippen molar-refractivity contribution in [1.82, 2.24) is 24.6 Å². The summed E-state index contributed by atoms with van der Waals surface area (Å²) in [5, 5.41) is 6.92. The largest absolute Gasteiger partial charge is 0.352 e. The van der Waals surface area contributed by atoms with Crippen LogP contribution in [0.4, 0.5) is 4.39 Å². The number of halogens is 2. The van der Waals surface area contributed by atoms with Crippen LogP contribution in [0, 0.1) is 5.82 Å². The van der Waals surface area contributed by atoms with Crippen LogP contribution >= 0.6 is 11.6 Å². The molecule has 0 fully saturated rings. The molecule has 1 N–H and O–H groups in total. The van der Waals surface area contributed by atoms with Crippen LogP contribution < -0.4 is 16.6 Å². The lowest BCUT2D eigenvalue weighted by Crippen LogP contribution is -2.46. The highest BCUT2D eigenvalue weighted by atomic mass is 35.5. The molecule has 0 unspecified atom stereocenters. The van der Waals surface area contributed by atoms with E-state index in [1.54, 1.807) is 24.3 Å². The molecule has 0 spiro atoms. The molecule has 0 bridgehead atoms. The van der Waals surface area contributed by atoms with E-state index in [-0.39, 0.29) is 18.8 Å². The molecule has 162 valence electrons. The number of benzene rings is 2. The van der Waals surface area contributed by atoms with Crippen LogP contribution in [0.15, 0.2) is 58.1 Å². The maximum atomic E-state index is 14.4. The second kappa shape index (κ2) is 9.67. The number of hydrogen-bond donors (Lipinski definition) is 1. The molecule has 3 aromatic rings. The van der Waals surface area contributed by atoms with Gasteiger partial charge in [0.15, 0.2) is 0 Å². The molecule has 0 aliphatic rings. The van der Waals surface area contributed by atoms with E-state index >= 15 is 0 Å². The van der Waals surface area contributed by atoms with E-state index in [1.807, 2.05) is 19.0 Å². The number of carbonyl (C=O) groups is 1. The minimum atomic E-state index is -0.875. The van der Waals surface area contributed by atoms with Crippen LogP contribution in [0.3, 0.4) is 0 Å². The molecule has 31 heavy (non-hydrogen) atoms. The fourth-order valence-electron chi connectivity index (χ4n) is 2.87. The highest BCUT2D eigenvalue weighted by Crippen LogP contribution is 2.12. The van der Waals surface area contributed by atoms with Gasteiger partial charge in [-0.25, -0.2) is 9.18 Å². The average Bonchev–Trinajstić information content (AvgIpc) is 2.72. The predicted molar refractivity (Wildman–Crippen MR) is 115 cm³/mol. The van der Waals surface area contributed by atoms with E-state index < -0.39 is 28.7 Å². The number of nitrogens with zero attached hydrogens (tertiary/aromatic N) is 4. The first-order chi connectivity index (χ1) is 14.8. The van der Waals surface area contributed by atoms with Crippen molar-refractivity contribution in [3.8, 4) is 5.69 Å². The van der Waals surface area contributed by atoms with E-state index in [0.29, 0.717) is 17.1 Å². The SMILES string of the molecule is CN(C)CCNC(=O)c1nn(-c2ccccc2F)c(=O)n(Cc2cccc(Cl)c2)c1=O. The van der Waals surface area contributed by atoms with Crippen molar-refractivity contribution in [1.29, 1.82) is 0 Å². The summed E-state index contributed by atoms with van der Waals surface area (Å²) >= 11 is 6.00. The van der Waals surface area contributed by atoms with Crippen LogP contribution in [-0.4, -0.2) is 52.3 Å². The van der Waals surface area contributed by atoms with E-state index in [0.717, 1.165) is 15.3 Å². The smallest absolute Gasteiger partial charge is 0.349 e. The fraction of sp³-hybridized carbons (Fsp3) is 0.238. The van der Waals surface area contributed by atoms with Gasteiger partial charge in [0, 0.05) is 18.1 Å². The normalized spacial score (nSPS) is 11.0. The number of aromatic nitrogens is 3. The molecule has 0 saturated carbocycles. The Morgan fingerprint density at radius 3 is 2.58 bits per heavy atom. The molecule has 0 atom stereocenters. The molecule has 2 aromatic carbocycles. The monoisotopic (exact) mass is 445 g/mol. The molecule has 1 amide bonds. The van der Waals surface area contributed by atoms with Gasteiger partial charge in [0.1, 0.15) is 11.5 Å². The third-order valence-electron chi connectivity index (χ3n) is 4.43. The first kappa shape index (κ1) is 22.4. The first-order valence-corrected chi connectivity index (χ1v) is 9.82. The topological polar surface area (TPSA) is 89.2 Å². The molecule has 0 aliphatic heterocycles. The van der Waals surface area contributed by atoms with Gasteiger partial charge in [0.25, 0.3) is 11.5 Å². The molecule has 0 radical (unpaired) electrons. The van der Waals surface area contributed by atoms with Crippen molar-refractivity contribution in [3.05, 3.63) is 91.5 Å². The van der Waals surface area contributed by atoms with Gasteiger partial charge in [0.05, 0.1) is 6.54 Å². The summed E-state index contributed by atoms with van der Waals surface area (Å²) in [4.78, 5) is 40.5. The Balaban J connectivity index is 2.13. The standard InChI is InChI=1S/C21H21ClFN5O3/c1-26(2)11-10-24-19(29)18-20(30)27(13-14-6-5-7-15(22)12-14)21(31)28(25-18)17-9-4-3-8-16(17)23/h3-9,12H,10-11,13H2,1-2H3,(H,24,29). The van der Waals surface area contributed by atoms with Crippen LogP contribution in [0.25, 0.3) is 5.69 Å². The maximum absolute atomic E-state index is 14.4. The number of carbonyl (C=O) groups excluding carboxylic acids is 1. The lowest BCUT2D eigenvalue weighted by atomic mass is 10.2. The Morgan fingerprint density at radius 2 is 1.90 bits per heavy atom. The summed E-state index contributed by atoms with van der Waals surface area (Å²) in [6.07, 6.45) is 0. The Labute approximate surface area is 182 Å². The van der Waals surface area contributed by atoms with Gasteiger partial charge in [-0.05, 0) is 43.9 Å². The van der Waals surface area contributed by atoms with Crippen molar-refractivity contribution < 1.29 is 9.18 Å². The molecule has 1 aromatic heterocycles. The lowest BCUT2D eigenvalue weighted by Gasteiger charge is -2.14. The molecule has 3 rings (SSSR count). The fourth-order valence-corrected chi connectivity index (χ4v) is 3.08. The predicted octanol–water partition coefficient (Wildman–Crippen LogP) is 1.53. The molecule has 8 nitrogen and oxygen atoms in total. The van der Waals surface area contributed by atoms with Gasteiger partial charge in [-0.3, -0.25) is 14.2 Å². The van der Waals surface area contributed by atoms with Crippen molar-refractivity contribution in [2.24, 2.45) is 0 Å². The van der Waals surface area contributed by atoms with Crippen molar-refractivity contribution in [3.63, 3.8) is 0 Å². The van der Waals surface area contributed by atoms with Crippen LogP contribution in [0.5, 0.6) is 0 Å². The second-order valence-electron chi connectivity index (χ2n) is 7.07. The summed E-state index contributed by atoms with van der Waals surface area (Å²) in [5.41, 5.74) is -1.87. The van der Waals surface area contributed by atoms with Gasteiger partial charge in [-0.1, -0.05) is 35.9 Å². The second-order valence-corrected chi connectivity index (χ2v) is 7.51. The molecule has 0 aliphatic carbocycles. The summed E-state index contributed by atoms with van der Waals surface area (Å²) in [7, 11) is 3.67. The third kappa shape index (κ3) is 5.25.